The van der Waals surface area contributed by atoms with E-state index < -0.39 is 0 Å². The van der Waals surface area contributed by atoms with Crippen LogP contribution in [0, 0.1) is 0 Å². The SMILES string of the molecule is O=c1c2ccccc2c(=O)c2c1sc1c(=O)c3ccccc3c(=O)c12. The van der Waals surface area contributed by atoms with Crippen LogP contribution in [0.3, 0.4) is 0 Å². The van der Waals surface area contributed by atoms with Gasteiger partial charge in [-0.25, -0.2) is 0 Å². The van der Waals surface area contributed by atoms with Crippen LogP contribution in [0.1, 0.15) is 0 Å². The lowest BCUT2D eigenvalue weighted by Gasteiger charge is -1.97. The predicted molar refractivity (Wildman–Crippen MR) is 102 cm³/mol. The molecule has 0 aliphatic carbocycles. The van der Waals surface area contributed by atoms with Gasteiger partial charge in [0.1, 0.15) is 0 Å². The summed E-state index contributed by atoms with van der Waals surface area (Å²) in [5.74, 6) is 0. The third kappa shape index (κ3) is 1.65. The maximum atomic E-state index is 12.9. The summed E-state index contributed by atoms with van der Waals surface area (Å²) < 4.78 is 0.367. The number of fused-ring (bicyclic) bond motifs is 5. The third-order valence-electron chi connectivity index (χ3n) is 4.61. The Kier molecular flexibility index (Phi) is 2.65. The van der Waals surface area contributed by atoms with Crippen molar-refractivity contribution in [3.63, 3.8) is 0 Å². The summed E-state index contributed by atoms with van der Waals surface area (Å²) in [5, 5.41) is 1.35. The second-order valence-corrected chi connectivity index (χ2v) is 6.94. The fraction of sp³-hybridized carbons (Fsp3) is 0. The zero-order valence-electron chi connectivity index (χ0n) is 12.7. The van der Waals surface area contributed by atoms with Crippen LogP contribution < -0.4 is 21.7 Å². The first kappa shape index (κ1) is 14.2. The van der Waals surface area contributed by atoms with Crippen molar-refractivity contribution in [2.24, 2.45) is 0 Å². The highest BCUT2D eigenvalue weighted by Gasteiger charge is 2.21. The van der Waals surface area contributed by atoms with Crippen LogP contribution >= 0.6 is 11.3 Å². The molecule has 0 aliphatic heterocycles. The Morgan fingerprint density at radius 3 is 1.16 bits per heavy atom. The van der Waals surface area contributed by atoms with Gasteiger partial charge in [0, 0.05) is 21.5 Å². The molecule has 0 saturated carbocycles. The zero-order valence-corrected chi connectivity index (χ0v) is 13.5. The molecule has 1 heterocycles. The van der Waals surface area contributed by atoms with Crippen LogP contribution in [-0.4, -0.2) is 0 Å². The zero-order chi connectivity index (χ0) is 17.3. The lowest BCUT2D eigenvalue weighted by molar-refractivity contribution is 1.69. The molecule has 5 aromatic rings. The molecule has 0 aliphatic rings. The molecule has 1 aromatic heterocycles. The van der Waals surface area contributed by atoms with Crippen molar-refractivity contribution in [2.75, 3.05) is 0 Å². The molecule has 0 amide bonds. The van der Waals surface area contributed by atoms with Crippen LogP contribution in [-0.2, 0) is 0 Å². The van der Waals surface area contributed by atoms with Crippen molar-refractivity contribution in [3.8, 4) is 0 Å². The van der Waals surface area contributed by atoms with Gasteiger partial charge in [-0.1, -0.05) is 48.5 Å². The van der Waals surface area contributed by atoms with E-state index in [1.807, 2.05) is 0 Å². The molecule has 0 saturated heterocycles. The van der Waals surface area contributed by atoms with Gasteiger partial charge in [-0.3, -0.25) is 19.2 Å². The highest BCUT2D eigenvalue weighted by molar-refractivity contribution is 7.25. The summed E-state index contributed by atoms with van der Waals surface area (Å²) in [6, 6.07) is 13.1. The van der Waals surface area contributed by atoms with Crippen LogP contribution in [0.25, 0.3) is 41.7 Å². The molecule has 25 heavy (non-hydrogen) atoms. The second-order valence-electron chi connectivity index (χ2n) is 5.92. The summed E-state index contributed by atoms with van der Waals surface area (Å²) >= 11 is 0.948. The molecule has 0 radical (unpaired) electrons. The molecular weight excluding hydrogens is 336 g/mol. The highest BCUT2D eigenvalue weighted by atomic mass is 32.1. The molecule has 4 aromatic carbocycles. The molecule has 0 bridgehead atoms. The predicted octanol–water partition coefficient (Wildman–Crippen LogP) is 2.68. The van der Waals surface area contributed by atoms with Gasteiger partial charge in [0.15, 0.2) is 10.9 Å². The number of benzene rings is 4. The number of hydrogen-bond donors (Lipinski definition) is 0. The molecule has 0 unspecified atom stereocenters. The van der Waals surface area contributed by atoms with Gasteiger partial charge in [-0.05, 0) is 0 Å². The summed E-state index contributed by atoms with van der Waals surface area (Å²) in [6.07, 6.45) is 0. The van der Waals surface area contributed by atoms with E-state index >= 15 is 0 Å². The van der Waals surface area contributed by atoms with E-state index in [1.54, 1.807) is 48.5 Å². The topological polar surface area (TPSA) is 68.3 Å². The Balaban J connectivity index is 2.26. The Labute approximate surface area is 142 Å². The minimum Gasteiger partial charge on any atom is -0.289 e. The van der Waals surface area contributed by atoms with E-state index in [-0.39, 0.29) is 52.7 Å². The van der Waals surface area contributed by atoms with Crippen LogP contribution in [0.4, 0.5) is 0 Å². The molecule has 0 N–H and O–H groups in total. The van der Waals surface area contributed by atoms with Gasteiger partial charge in [0.05, 0.1) is 20.2 Å². The lowest BCUT2D eigenvalue weighted by Crippen LogP contribution is -2.14. The first-order valence-electron chi connectivity index (χ1n) is 7.63. The van der Waals surface area contributed by atoms with E-state index in [9.17, 15) is 19.2 Å². The summed E-state index contributed by atoms with van der Waals surface area (Å²) in [6.45, 7) is 0. The minimum absolute atomic E-state index is 0.0801. The maximum absolute atomic E-state index is 12.9. The largest absolute Gasteiger partial charge is 0.289 e. The van der Waals surface area contributed by atoms with Gasteiger partial charge in [-0.15, -0.1) is 11.3 Å². The number of hydrogen-bond acceptors (Lipinski definition) is 5. The Bertz CT molecular complexity index is 1450. The van der Waals surface area contributed by atoms with Crippen molar-refractivity contribution >= 4 is 53.1 Å². The van der Waals surface area contributed by atoms with Gasteiger partial charge in [-0.2, -0.15) is 0 Å². The van der Waals surface area contributed by atoms with Crippen molar-refractivity contribution in [2.45, 2.75) is 0 Å². The van der Waals surface area contributed by atoms with Crippen LogP contribution in [0.5, 0.6) is 0 Å². The summed E-state index contributed by atoms with van der Waals surface area (Å²) in [7, 11) is 0. The van der Waals surface area contributed by atoms with Gasteiger partial charge in [0.2, 0.25) is 10.9 Å². The minimum atomic E-state index is -0.372. The molecule has 4 nitrogen and oxygen atoms in total. The maximum Gasteiger partial charge on any atom is 0.204 e. The molecule has 0 fully saturated rings. The molecule has 0 spiro atoms. The van der Waals surface area contributed by atoms with Crippen molar-refractivity contribution in [1.29, 1.82) is 0 Å². The van der Waals surface area contributed by atoms with Crippen LogP contribution in [0.2, 0.25) is 0 Å². The molecule has 5 heteroatoms. The number of rotatable bonds is 0. The fourth-order valence-electron chi connectivity index (χ4n) is 3.46. The average Bonchev–Trinajstić information content (AvgIpc) is 3.06. The van der Waals surface area contributed by atoms with E-state index in [0.717, 1.165) is 11.3 Å². The monoisotopic (exact) mass is 344 g/mol. The Morgan fingerprint density at radius 2 is 0.800 bits per heavy atom. The van der Waals surface area contributed by atoms with Crippen LogP contribution in [0.15, 0.2) is 67.7 Å². The Hall–Kier alpha value is -3.18. The Morgan fingerprint density at radius 1 is 0.480 bits per heavy atom. The molecule has 5 rings (SSSR count). The van der Waals surface area contributed by atoms with E-state index in [0.29, 0.717) is 10.8 Å². The smallest absolute Gasteiger partial charge is 0.204 e. The highest BCUT2D eigenvalue weighted by Crippen LogP contribution is 2.28. The fourth-order valence-corrected chi connectivity index (χ4v) is 4.66. The van der Waals surface area contributed by atoms with Crippen molar-refractivity contribution < 1.29 is 0 Å². The molecule has 118 valence electrons. The van der Waals surface area contributed by atoms with E-state index in [2.05, 4.69) is 0 Å². The summed E-state index contributed by atoms with van der Waals surface area (Å²) in [5.41, 5.74) is -1.37. The van der Waals surface area contributed by atoms with E-state index in [4.69, 9.17) is 0 Å². The van der Waals surface area contributed by atoms with Gasteiger partial charge in [0.25, 0.3) is 0 Å². The van der Waals surface area contributed by atoms with Gasteiger partial charge >= 0.3 is 0 Å². The van der Waals surface area contributed by atoms with Crippen molar-refractivity contribution in [1.82, 2.24) is 0 Å². The molecular formula is C20H8O4S. The van der Waals surface area contributed by atoms with E-state index in [1.165, 1.54) is 0 Å². The normalized spacial score (nSPS) is 11.8. The van der Waals surface area contributed by atoms with Crippen molar-refractivity contribution in [3.05, 3.63) is 89.4 Å². The average molecular weight is 344 g/mol. The second kappa shape index (κ2) is 4.68. The third-order valence-corrected chi connectivity index (χ3v) is 5.79. The first-order valence-corrected chi connectivity index (χ1v) is 8.45. The number of thiophene rings is 1. The summed E-state index contributed by atoms with van der Waals surface area (Å²) in [4.78, 5) is 51.5. The van der Waals surface area contributed by atoms with Gasteiger partial charge < -0.3 is 0 Å². The lowest BCUT2D eigenvalue weighted by atomic mass is 10.0. The quantitative estimate of drug-likeness (QED) is 0.433. The standard InChI is InChI=1S/C20H8O4S/c21-15-9-5-1-3-7-11(9)17(23)19-13(15)14-16(22)10-6-2-4-8-12(10)18(24)20(14)25-19/h1-8H. The first-order chi connectivity index (χ1) is 12.1. The molecule has 0 atom stereocenters.